The topological polar surface area (TPSA) is 37.3 Å². The number of aromatic hydroxyl groups is 1. The molecule has 1 aromatic carbocycles. The van der Waals surface area contributed by atoms with Crippen LogP contribution in [0.5, 0.6) is 5.75 Å². The molecule has 4 heteroatoms. The zero-order valence-corrected chi connectivity index (χ0v) is 9.32. The van der Waals surface area contributed by atoms with Gasteiger partial charge in [-0.2, -0.15) is 0 Å². The summed E-state index contributed by atoms with van der Waals surface area (Å²) in [7, 11) is 0. The number of aryl methyl sites for hydroxylation is 1. The second kappa shape index (κ2) is 4.11. The summed E-state index contributed by atoms with van der Waals surface area (Å²) in [5.74, 6) is -0.388. The largest absolute Gasteiger partial charge is 0.507 e. The molecule has 0 saturated heterocycles. The molecule has 0 heterocycles. The Morgan fingerprint density at radius 1 is 1.62 bits per heavy atom. The molecule has 0 aliphatic rings. The molecule has 1 rings (SSSR count). The predicted molar refractivity (Wildman–Crippen MR) is 55.6 cm³/mol. The van der Waals surface area contributed by atoms with Crippen molar-refractivity contribution in [2.45, 2.75) is 6.92 Å². The fourth-order valence-electron chi connectivity index (χ4n) is 1.02. The van der Waals surface area contributed by atoms with Crippen LogP contribution in [0.4, 0.5) is 0 Å². The molecule has 0 aliphatic heterocycles. The van der Waals surface area contributed by atoms with Crippen molar-refractivity contribution in [1.29, 1.82) is 0 Å². The van der Waals surface area contributed by atoms with Crippen LogP contribution in [0.1, 0.15) is 15.9 Å². The van der Waals surface area contributed by atoms with E-state index in [2.05, 4.69) is 15.9 Å². The number of phenolic OH excluding ortho intramolecular Hbond substituents is 1. The Morgan fingerprint density at radius 3 is 2.77 bits per heavy atom. The van der Waals surface area contributed by atoms with Crippen molar-refractivity contribution in [3.8, 4) is 5.75 Å². The van der Waals surface area contributed by atoms with Crippen LogP contribution in [0.25, 0.3) is 0 Å². The highest BCUT2D eigenvalue weighted by Crippen LogP contribution is 2.27. The number of alkyl halides is 1. The van der Waals surface area contributed by atoms with Gasteiger partial charge >= 0.3 is 0 Å². The Kier molecular flexibility index (Phi) is 3.33. The van der Waals surface area contributed by atoms with Crippen LogP contribution in [0, 0.1) is 6.92 Å². The molecular weight excluding hydrogens is 255 g/mol. The first-order chi connectivity index (χ1) is 6.06. The monoisotopic (exact) mass is 262 g/mol. The maximum Gasteiger partial charge on any atom is 0.181 e. The van der Waals surface area contributed by atoms with Crippen molar-refractivity contribution in [2.24, 2.45) is 0 Å². The van der Waals surface area contributed by atoms with Crippen LogP contribution in [0.15, 0.2) is 16.6 Å². The standard InChI is InChI=1S/C9H8BrClO2/c1-5-2-6(10)3-7(9(5)13)8(12)4-11/h2-3,13H,4H2,1H3. The summed E-state index contributed by atoms with van der Waals surface area (Å²) in [4.78, 5) is 11.2. The smallest absolute Gasteiger partial charge is 0.181 e. The molecule has 0 amide bonds. The Balaban J connectivity index is 3.28. The zero-order valence-electron chi connectivity index (χ0n) is 6.97. The summed E-state index contributed by atoms with van der Waals surface area (Å²) in [6, 6.07) is 3.30. The van der Waals surface area contributed by atoms with Gasteiger partial charge in [0.1, 0.15) is 5.75 Å². The molecular formula is C9H8BrClO2. The first-order valence-electron chi connectivity index (χ1n) is 3.64. The van der Waals surface area contributed by atoms with Crippen molar-refractivity contribution in [1.82, 2.24) is 0 Å². The minimum Gasteiger partial charge on any atom is -0.507 e. The lowest BCUT2D eigenvalue weighted by molar-refractivity contribution is 0.101. The molecule has 0 unspecified atom stereocenters. The van der Waals surface area contributed by atoms with E-state index in [1.54, 1.807) is 19.1 Å². The van der Waals surface area contributed by atoms with Gasteiger partial charge in [-0.3, -0.25) is 4.79 Å². The molecule has 1 N–H and O–H groups in total. The molecule has 2 nitrogen and oxygen atoms in total. The number of rotatable bonds is 2. The summed E-state index contributed by atoms with van der Waals surface area (Å²) in [5.41, 5.74) is 0.921. The summed E-state index contributed by atoms with van der Waals surface area (Å²) < 4.78 is 0.760. The Hall–Kier alpha value is -0.540. The summed E-state index contributed by atoms with van der Waals surface area (Å²) >= 11 is 8.63. The minimum absolute atomic E-state index is 0.00819. The SMILES string of the molecule is Cc1cc(Br)cc(C(=O)CCl)c1O. The number of benzene rings is 1. The van der Waals surface area contributed by atoms with Crippen molar-refractivity contribution in [3.63, 3.8) is 0 Å². The van der Waals surface area contributed by atoms with Gasteiger partial charge in [0.15, 0.2) is 5.78 Å². The van der Waals surface area contributed by atoms with E-state index >= 15 is 0 Å². The van der Waals surface area contributed by atoms with Gasteiger partial charge < -0.3 is 5.11 Å². The van der Waals surface area contributed by atoms with Crippen LogP contribution in [-0.2, 0) is 0 Å². The normalized spacial score (nSPS) is 10.1. The fourth-order valence-corrected chi connectivity index (χ4v) is 1.74. The fraction of sp³-hybridized carbons (Fsp3) is 0.222. The first-order valence-corrected chi connectivity index (χ1v) is 4.97. The van der Waals surface area contributed by atoms with E-state index in [0.29, 0.717) is 5.56 Å². The lowest BCUT2D eigenvalue weighted by Crippen LogP contribution is -2.01. The van der Waals surface area contributed by atoms with Crippen LogP contribution in [0.3, 0.4) is 0 Å². The molecule has 0 bridgehead atoms. The number of carbonyl (C=O) groups is 1. The highest BCUT2D eigenvalue weighted by Gasteiger charge is 2.12. The van der Waals surface area contributed by atoms with Gasteiger partial charge in [0.05, 0.1) is 11.4 Å². The minimum atomic E-state index is -0.274. The van der Waals surface area contributed by atoms with Crippen LogP contribution < -0.4 is 0 Å². The molecule has 0 aliphatic carbocycles. The number of hydrogen-bond donors (Lipinski definition) is 1. The number of phenols is 1. The van der Waals surface area contributed by atoms with Crippen LogP contribution in [-0.4, -0.2) is 16.8 Å². The Bertz CT molecular complexity index is 350. The van der Waals surface area contributed by atoms with Crippen LogP contribution in [0.2, 0.25) is 0 Å². The van der Waals surface area contributed by atoms with Gasteiger partial charge in [-0.1, -0.05) is 15.9 Å². The molecule has 0 radical (unpaired) electrons. The lowest BCUT2D eigenvalue weighted by atomic mass is 10.1. The third-order valence-corrected chi connectivity index (χ3v) is 2.39. The van der Waals surface area contributed by atoms with Crippen molar-refractivity contribution in [3.05, 3.63) is 27.7 Å². The Labute approximate surface area is 89.7 Å². The molecule has 1 aromatic rings. The lowest BCUT2D eigenvalue weighted by Gasteiger charge is -2.05. The summed E-state index contributed by atoms with van der Waals surface area (Å²) in [5, 5.41) is 9.52. The highest BCUT2D eigenvalue weighted by atomic mass is 79.9. The second-order valence-corrected chi connectivity index (χ2v) is 3.86. The Morgan fingerprint density at radius 2 is 2.23 bits per heavy atom. The molecule has 0 saturated carbocycles. The number of halogens is 2. The van der Waals surface area contributed by atoms with Gasteiger partial charge in [-0.25, -0.2) is 0 Å². The van der Waals surface area contributed by atoms with Crippen molar-refractivity contribution >= 4 is 33.3 Å². The van der Waals surface area contributed by atoms with Crippen molar-refractivity contribution < 1.29 is 9.90 Å². The van der Waals surface area contributed by atoms with E-state index in [1.807, 2.05) is 0 Å². The van der Waals surface area contributed by atoms with E-state index < -0.39 is 0 Å². The highest BCUT2D eigenvalue weighted by molar-refractivity contribution is 9.10. The van der Waals surface area contributed by atoms with Crippen LogP contribution >= 0.6 is 27.5 Å². The number of ketones is 1. The molecule has 0 fully saturated rings. The summed E-state index contributed by atoms with van der Waals surface area (Å²) in [6.45, 7) is 1.73. The molecule has 0 spiro atoms. The second-order valence-electron chi connectivity index (χ2n) is 2.68. The predicted octanol–water partition coefficient (Wildman–Crippen LogP) is 2.88. The summed E-state index contributed by atoms with van der Waals surface area (Å²) in [6.07, 6.45) is 0. The third kappa shape index (κ3) is 2.23. The number of carbonyl (C=O) groups excluding carboxylic acids is 1. The molecule has 70 valence electrons. The quantitative estimate of drug-likeness (QED) is 0.658. The average molecular weight is 264 g/mol. The molecule has 0 aromatic heterocycles. The molecule has 13 heavy (non-hydrogen) atoms. The van der Waals surface area contributed by atoms with E-state index in [0.717, 1.165) is 4.47 Å². The van der Waals surface area contributed by atoms with E-state index in [4.69, 9.17) is 11.6 Å². The van der Waals surface area contributed by atoms with Gasteiger partial charge in [0.2, 0.25) is 0 Å². The maximum atomic E-state index is 11.2. The van der Waals surface area contributed by atoms with Gasteiger partial charge in [-0.15, -0.1) is 11.6 Å². The average Bonchev–Trinajstić information content (AvgIpc) is 2.10. The van der Waals surface area contributed by atoms with Gasteiger partial charge in [0, 0.05) is 4.47 Å². The number of hydrogen-bond acceptors (Lipinski definition) is 2. The van der Waals surface area contributed by atoms with E-state index in [1.165, 1.54) is 0 Å². The first kappa shape index (κ1) is 10.5. The van der Waals surface area contributed by atoms with Crippen molar-refractivity contribution in [2.75, 3.05) is 5.88 Å². The number of Topliss-reactive ketones (excluding diaryl/α,β-unsaturated/α-hetero) is 1. The van der Waals surface area contributed by atoms with Gasteiger partial charge in [0.25, 0.3) is 0 Å². The molecule has 0 atom stereocenters. The maximum absolute atomic E-state index is 11.2. The third-order valence-electron chi connectivity index (χ3n) is 1.69. The van der Waals surface area contributed by atoms with E-state index in [-0.39, 0.29) is 23.0 Å². The van der Waals surface area contributed by atoms with E-state index in [9.17, 15) is 9.90 Å². The van der Waals surface area contributed by atoms with Gasteiger partial charge in [-0.05, 0) is 24.6 Å². The zero-order chi connectivity index (χ0) is 10.0.